The van der Waals surface area contributed by atoms with Crippen LogP contribution in [0.2, 0.25) is 0 Å². The number of nitrogens with zero attached hydrogens (tertiary/aromatic N) is 2. The van der Waals surface area contributed by atoms with Crippen molar-refractivity contribution in [2.45, 2.75) is 62.6 Å². The smallest absolute Gasteiger partial charge is 0.317 e. The molecule has 188 valence electrons. The van der Waals surface area contributed by atoms with Crippen molar-refractivity contribution in [2.75, 3.05) is 40.5 Å². The second-order valence-electron chi connectivity index (χ2n) is 10.3. The van der Waals surface area contributed by atoms with E-state index in [1.807, 2.05) is 18.2 Å². The van der Waals surface area contributed by atoms with Gasteiger partial charge in [-0.15, -0.1) is 0 Å². The van der Waals surface area contributed by atoms with E-state index in [2.05, 4.69) is 45.4 Å². The summed E-state index contributed by atoms with van der Waals surface area (Å²) in [5, 5.41) is 3.32. The topological polar surface area (TPSA) is 54.0 Å². The molecule has 1 N–H and O–H groups in total. The molecule has 1 aliphatic carbocycles. The number of para-hydroxylation sites is 1. The molecule has 6 nitrogen and oxygen atoms in total. The fraction of sp³-hybridized carbons (Fsp3) is 0.552. The Morgan fingerprint density at radius 1 is 0.971 bits per heavy atom. The minimum absolute atomic E-state index is 0.124. The standard InChI is InChI=1S/C29H39N3O3/c1-34-20-26-28(22-15-13-21(14-16-22)24-11-5-6-12-27(24)35-2)25-19-31(17-7-8-18-32(25)26)29(33)30-23-9-3-4-10-23/h5-6,11-16,23,25-26,28H,3-4,7-10,17-20H2,1-2H3,(H,30,33)/t25-,26+,28+/m0/s1. The average molecular weight is 478 g/mol. The van der Waals surface area contributed by atoms with Crippen LogP contribution in [0.3, 0.4) is 0 Å². The lowest BCUT2D eigenvalue weighted by Gasteiger charge is -2.57. The fourth-order valence-electron chi connectivity index (χ4n) is 6.38. The Morgan fingerprint density at radius 3 is 2.46 bits per heavy atom. The third-order valence-corrected chi connectivity index (χ3v) is 8.20. The van der Waals surface area contributed by atoms with E-state index < -0.39 is 0 Å². The molecular weight excluding hydrogens is 438 g/mol. The number of fused-ring (bicyclic) bond motifs is 1. The second-order valence-corrected chi connectivity index (χ2v) is 10.3. The SMILES string of the molecule is COC[C@@H]1[C@H](c2ccc(-c3ccccc3OC)cc2)[C@@H]2CN(C(=O)NC3CCCC3)CCCCN12. The van der Waals surface area contributed by atoms with E-state index in [0.717, 1.165) is 62.2 Å². The summed E-state index contributed by atoms with van der Waals surface area (Å²) < 4.78 is 11.2. The summed E-state index contributed by atoms with van der Waals surface area (Å²) in [5.74, 6) is 1.23. The van der Waals surface area contributed by atoms with Crippen molar-refractivity contribution < 1.29 is 14.3 Å². The number of rotatable bonds is 6. The van der Waals surface area contributed by atoms with Crippen molar-refractivity contribution >= 4 is 6.03 Å². The van der Waals surface area contributed by atoms with E-state index in [1.54, 1.807) is 14.2 Å². The van der Waals surface area contributed by atoms with Gasteiger partial charge in [0.25, 0.3) is 0 Å². The van der Waals surface area contributed by atoms with Gasteiger partial charge >= 0.3 is 6.03 Å². The van der Waals surface area contributed by atoms with Crippen LogP contribution in [0.4, 0.5) is 4.79 Å². The summed E-state index contributed by atoms with van der Waals surface area (Å²) in [5.41, 5.74) is 3.58. The summed E-state index contributed by atoms with van der Waals surface area (Å²) in [7, 11) is 3.51. The molecule has 2 saturated heterocycles. The van der Waals surface area contributed by atoms with Gasteiger partial charge < -0.3 is 19.7 Å². The maximum absolute atomic E-state index is 13.2. The minimum Gasteiger partial charge on any atom is -0.496 e. The van der Waals surface area contributed by atoms with Gasteiger partial charge in [0, 0.05) is 49.8 Å². The Hall–Kier alpha value is -2.57. The van der Waals surface area contributed by atoms with Gasteiger partial charge in [-0.05, 0) is 49.4 Å². The zero-order chi connectivity index (χ0) is 24.2. The van der Waals surface area contributed by atoms with Gasteiger partial charge in [0.1, 0.15) is 5.75 Å². The molecule has 2 heterocycles. The normalized spacial score (nSPS) is 25.3. The van der Waals surface area contributed by atoms with Crippen molar-refractivity contribution in [3.05, 3.63) is 54.1 Å². The first-order valence-corrected chi connectivity index (χ1v) is 13.2. The van der Waals surface area contributed by atoms with Gasteiger partial charge in [-0.1, -0.05) is 55.3 Å². The molecule has 3 aliphatic rings. The number of carbonyl (C=O) groups excluding carboxylic acids is 1. The second kappa shape index (κ2) is 11.0. The maximum atomic E-state index is 13.2. The molecule has 0 radical (unpaired) electrons. The lowest BCUT2D eigenvalue weighted by atomic mass is 9.74. The molecule has 35 heavy (non-hydrogen) atoms. The van der Waals surface area contributed by atoms with E-state index in [4.69, 9.17) is 9.47 Å². The van der Waals surface area contributed by atoms with Crippen LogP contribution in [0.5, 0.6) is 5.75 Å². The lowest BCUT2D eigenvalue weighted by Crippen LogP contribution is -2.68. The predicted octanol–water partition coefficient (Wildman–Crippen LogP) is 4.89. The van der Waals surface area contributed by atoms with Crippen LogP contribution in [-0.2, 0) is 4.74 Å². The Morgan fingerprint density at radius 2 is 1.71 bits per heavy atom. The molecule has 2 aromatic carbocycles. The van der Waals surface area contributed by atoms with Crippen LogP contribution in [0, 0.1) is 0 Å². The molecule has 5 rings (SSSR count). The molecule has 2 aliphatic heterocycles. The molecule has 3 fully saturated rings. The number of amides is 2. The summed E-state index contributed by atoms with van der Waals surface area (Å²) in [6.07, 6.45) is 6.86. The third kappa shape index (κ3) is 5.05. The largest absolute Gasteiger partial charge is 0.496 e. The number of carbonyl (C=O) groups is 1. The number of hydrogen-bond acceptors (Lipinski definition) is 4. The highest BCUT2D eigenvalue weighted by molar-refractivity contribution is 5.74. The molecule has 2 aromatic rings. The molecule has 0 spiro atoms. The summed E-state index contributed by atoms with van der Waals surface area (Å²) in [6, 6.07) is 18.2. The number of methoxy groups -OCH3 is 2. The summed E-state index contributed by atoms with van der Waals surface area (Å²) >= 11 is 0. The number of urea groups is 1. The van der Waals surface area contributed by atoms with Crippen LogP contribution in [0.25, 0.3) is 11.1 Å². The van der Waals surface area contributed by atoms with Crippen molar-refractivity contribution in [3.8, 4) is 16.9 Å². The van der Waals surface area contributed by atoms with E-state index in [9.17, 15) is 4.79 Å². The zero-order valence-corrected chi connectivity index (χ0v) is 21.1. The van der Waals surface area contributed by atoms with Gasteiger partial charge in [-0.25, -0.2) is 4.79 Å². The van der Waals surface area contributed by atoms with Crippen LogP contribution in [0.1, 0.15) is 50.0 Å². The highest BCUT2D eigenvalue weighted by Gasteiger charge is 2.49. The van der Waals surface area contributed by atoms with Crippen molar-refractivity contribution in [2.24, 2.45) is 0 Å². The highest BCUT2D eigenvalue weighted by Crippen LogP contribution is 2.43. The first-order chi connectivity index (χ1) is 17.2. The molecule has 0 unspecified atom stereocenters. The summed E-state index contributed by atoms with van der Waals surface area (Å²) in [6.45, 7) is 3.41. The first-order valence-electron chi connectivity index (χ1n) is 13.2. The predicted molar refractivity (Wildman–Crippen MR) is 139 cm³/mol. The van der Waals surface area contributed by atoms with E-state index in [0.29, 0.717) is 30.7 Å². The van der Waals surface area contributed by atoms with Crippen molar-refractivity contribution in [3.63, 3.8) is 0 Å². The van der Waals surface area contributed by atoms with Crippen LogP contribution in [-0.4, -0.2) is 74.4 Å². The maximum Gasteiger partial charge on any atom is 0.317 e. The third-order valence-electron chi connectivity index (χ3n) is 8.20. The Balaban J connectivity index is 1.36. The molecule has 0 aromatic heterocycles. The van der Waals surface area contributed by atoms with Gasteiger partial charge in [0.15, 0.2) is 0 Å². The van der Waals surface area contributed by atoms with Gasteiger partial charge in [-0.3, -0.25) is 4.90 Å². The van der Waals surface area contributed by atoms with Crippen LogP contribution >= 0.6 is 0 Å². The highest BCUT2D eigenvalue weighted by atomic mass is 16.5. The summed E-state index contributed by atoms with van der Waals surface area (Å²) in [4.78, 5) is 17.8. The average Bonchev–Trinajstić information content (AvgIpc) is 3.38. The molecule has 2 amide bonds. The minimum atomic E-state index is 0.124. The fourth-order valence-corrected chi connectivity index (χ4v) is 6.38. The van der Waals surface area contributed by atoms with Gasteiger partial charge in [-0.2, -0.15) is 0 Å². The van der Waals surface area contributed by atoms with Crippen LogP contribution < -0.4 is 10.1 Å². The molecular formula is C29H39N3O3. The Bertz CT molecular complexity index is 989. The first kappa shape index (κ1) is 24.1. The van der Waals surface area contributed by atoms with Gasteiger partial charge in [0.05, 0.1) is 13.7 Å². The molecule has 0 bridgehead atoms. The number of ether oxygens (including phenoxy) is 2. The van der Waals surface area contributed by atoms with Gasteiger partial charge in [0.2, 0.25) is 0 Å². The van der Waals surface area contributed by atoms with Crippen molar-refractivity contribution in [1.82, 2.24) is 15.1 Å². The van der Waals surface area contributed by atoms with Crippen molar-refractivity contribution in [1.29, 1.82) is 0 Å². The van der Waals surface area contributed by atoms with E-state index in [-0.39, 0.29) is 6.03 Å². The molecule has 3 atom stereocenters. The zero-order valence-electron chi connectivity index (χ0n) is 21.1. The molecule has 1 saturated carbocycles. The quantitative estimate of drug-likeness (QED) is 0.644. The van der Waals surface area contributed by atoms with E-state index in [1.165, 1.54) is 18.4 Å². The monoisotopic (exact) mass is 477 g/mol. The Labute approximate surface area is 209 Å². The number of hydrogen-bond donors (Lipinski definition) is 1. The lowest BCUT2D eigenvalue weighted by molar-refractivity contribution is -0.0668. The van der Waals surface area contributed by atoms with Crippen LogP contribution in [0.15, 0.2) is 48.5 Å². The number of benzene rings is 2. The Kier molecular flexibility index (Phi) is 7.59. The number of nitrogens with one attached hydrogen (secondary N) is 1. The van der Waals surface area contributed by atoms with E-state index >= 15 is 0 Å². The molecule has 6 heteroatoms.